The Bertz CT molecular complexity index is 209. The van der Waals surface area contributed by atoms with Crippen molar-refractivity contribution < 1.29 is 15.3 Å². The van der Waals surface area contributed by atoms with Gasteiger partial charge in [0.25, 0.3) is 0 Å². The average molecular weight is 320 g/mol. The van der Waals surface area contributed by atoms with E-state index in [1.54, 1.807) is 0 Å². The first-order valence-electron chi connectivity index (χ1n) is 8.14. The molecular formula is C15H36N4O3. The summed E-state index contributed by atoms with van der Waals surface area (Å²) in [6.07, 6.45) is 0. The molecule has 134 valence electrons. The van der Waals surface area contributed by atoms with Crippen molar-refractivity contribution in [2.45, 2.75) is 0 Å². The Kier molecular flexibility index (Phi) is 14.1. The van der Waals surface area contributed by atoms with Crippen molar-refractivity contribution in [2.24, 2.45) is 0 Å². The summed E-state index contributed by atoms with van der Waals surface area (Å²) in [4.78, 5) is 8.78. The molecule has 0 bridgehead atoms. The van der Waals surface area contributed by atoms with Crippen molar-refractivity contribution >= 4 is 0 Å². The second-order valence-electron chi connectivity index (χ2n) is 5.92. The summed E-state index contributed by atoms with van der Waals surface area (Å²) in [7, 11) is 6.05. The molecule has 0 saturated carbocycles. The molecule has 0 amide bonds. The van der Waals surface area contributed by atoms with Gasteiger partial charge in [-0.15, -0.1) is 0 Å². The molecule has 0 saturated heterocycles. The van der Waals surface area contributed by atoms with Crippen LogP contribution in [0, 0.1) is 0 Å². The third kappa shape index (κ3) is 12.3. The van der Waals surface area contributed by atoms with E-state index >= 15 is 0 Å². The van der Waals surface area contributed by atoms with Gasteiger partial charge in [-0.3, -0.25) is 4.90 Å². The number of rotatable bonds is 15. The highest BCUT2D eigenvalue weighted by Crippen LogP contribution is 1.94. The Hall–Kier alpha value is -0.280. The quantitative estimate of drug-likeness (QED) is 0.324. The zero-order valence-electron chi connectivity index (χ0n) is 14.6. The molecule has 7 heteroatoms. The van der Waals surface area contributed by atoms with Crippen LogP contribution in [-0.4, -0.2) is 135 Å². The van der Waals surface area contributed by atoms with Crippen LogP contribution in [0.4, 0.5) is 0 Å². The van der Waals surface area contributed by atoms with E-state index in [1.807, 2.05) is 21.1 Å². The zero-order chi connectivity index (χ0) is 16.8. The van der Waals surface area contributed by atoms with Crippen molar-refractivity contribution in [3.8, 4) is 0 Å². The number of nitrogens with zero attached hydrogens (tertiary/aromatic N) is 4. The van der Waals surface area contributed by atoms with Crippen molar-refractivity contribution in [1.29, 1.82) is 0 Å². The summed E-state index contributed by atoms with van der Waals surface area (Å²) >= 11 is 0. The van der Waals surface area contributed by atoms with Gasteiger partial charge in [0.2, 0.25) is 0 Å². The lowest BCUT2D eigenvalue weighted by atomic mass is 10.3. The topological polar surface area (TPSA) is 73.7 Å². The molecule has 0 spiro atoms. The molecular weight excluding hydrogens is 284 g/mol. The third-order valence-electron chi connectivity index (χ3n) is 3.84. The molecule has 7 nitrogen and oxygen atoms in total. The van der Waals surface area contributed by atoms with Crippen LogP contribution in [0.25, 0.3) is 0 Å². The lowest BCUT2D eigenvalue weighted by Crippen LogP contribution is -2.42. The molecule has 0 rings (SSSR count). The largest absolute Gasteiger partial charge is 0.395 e. The molecule has 22 heavy (non-hydrogen) atoms. The van der Waals surface area contributed by atoms with E-state index in [4.69, 9.17) is 15.3 Å². The van der Waals surface area contributed by atoms with Gasteiger partial charge in [-0.1, -0.05) is 0 Å². The van der Waals surface area contributed by atoms with Crippen LogP contribution in [0.1, 0.15) is 0 Å². The molecule has 3 N–H and O–H groups in total. The number of hydrogen-bond donors (Lipinski definition) is 3. The zero-order valence-corrected chi connectivity index (χ0v) is 14.6. The summed E-state index contributed by atoms with van der Waals surface area (Å²) in [5.41, 5.74) is 0. The SMILES string of the molecule is CN(CCO)CCN(CCN(C)CCO)CCN(C)CCO. The van der Waals surface area contributed by atoms with Crippen molar-refractivity contribution in [3.63, 3.8) is 0 Å². The molecule has 0 fully saturated rings. The first-order chi connectivity index (χ1) is 10.5. The van der Waals surface area contributed by atoms with Crippen LogP contribution < -0.4 is 0 Å². The van der Waals surface area contributed by atoms with Crippen molar-refractivity contribution in [1.82, 2.24) is 19.6 Å². The normalized spacial score (nSPS) is 12.3. The monoisotopic (exact) mass is 320 g/mol. The van der Waals surface area contributed by atoms with Gasteiger partial charge in [-0.2, -0.15) is 0 Å². The fourth-order valence-corrected chi connectivity index (χ4v) is 2.12. The number of likely N-dealkylation sites (N-methyl/N-ethyl adjacent to an activating group) is 3. The highest BCUT2D eigenvalue weighted by atomic mass is 16.3. The van der Waals surface area contributed by atoms with Gasteiger partial charge in [-0.25, -0.2) is 0 Å². The van der Waals surface area contributed by atoms with Gasteiger partial charge in [0.05, 0.1) is 19.8 Å². The number of hydrogen-bond acceptors (Lipinski definition) is 7. The molecule has 0 aliphatic heterocycles. The van der Waals surface area contributed by atoms with Crippen LogP contribution in [0.5, 0.6) is 0 Å². The average Bonchev–Trinajstić information content (AvgIpc) is 2.47. The van der Waals surface area contributed by atoms with E-state index < -0.39 is 0 Å². The Balaban J connectivity index is 4.17. The molecule has 0 atom stereocenters. The van der Waals surface area contributed by atoms with E-state index in [0.29, 0.717) is 19.6 Å². The van der Waals surface area contributed by atoms with Crippen LogP contribution in [-0.2, 0) is 0 Å². The predicted octanol–water partition coefficient (Wildman–Crippen LogP) is -1.94. The lowest BCUT2D eigenvalue weighted by Gasteiger charge is -2.29. The van der Waals surface area contributed by atoms with E-state index in [2.05, 4.69) is 19.6 Å². The Morgan fingerprint density at radius 3 is 0.955 bits per heavy atom. The highest BCUT2D eigenvalue weighted by molar-refractivity contribution is 4.66. The highest BCUT2D eigenvalue weighted by Gasteiger charge is 2.09. The van der Waals surface area contributed by atoms with Gasteiger partial charge in [0.15, 0.2) is 0 Å². The summed E-state index contributed by atoms with van der Waals surface area (Å²) in [5.74, 6) is 0. The van der Waals surface area contributed by atoms with E-state index in [9.17, 15) is 0 Å². The second kappa shape index (κ2) is 14.3. The maximum Gasteiger partial charge on any atom is 0.0558 e. The predicted molar refractivity (Wildman–Crippen MR) is 90.2 cm³/mol. The molecule has 0 aliphatic rings. The van der Waals surface area contributed by atoms with Crippen molar-refractivity contribution in [2.75, 3.05) is 99.9 Å². The van der Waals surface area contributed by atoms with Crippen LogP contribution >= 0.6 is 0 Å². The van der Waals surface area contributed by atoms with Gasteiger partial charge in [0, 0.05) is 58.9 Å². The molecule has 0 heterocycles. The molecule has 0 aromatic rings. The smallest absolute Gasteiger partial charge is 0.0558 e. The Morgan fingerprint density at radius 2 is 0.727 bits per heavy atom. The maximum atomic E-state index is 8.96. The van der Waals surface area contributed by atoms with Crippen LogP contribution in [0.2, 0.25) is 0 Å². The molecule has 0 radical (unpaired) electrons. The summed E-state index contributed by atoms with van der Waals surface area (Å²) in [6, 6.07) is 0. The summed E-state index contributed by atoms with van der Waals surface area (Å²) < 4.78 is 0. The molecule has 0 unspecified atom stereocenters. The molecule has 0 aliphatic carbocycles. The standard InChI is InChI=1S/C15H36N4O3/c1-16(10-13-20)4-7-19(8-5-17(2)11-14-21)9-6-18(3)12-15-22/h20-22H,4-15H2,1-3H3. The number of aliphatic hydroxyl groups excluding tert-OH is 3. The minimum atomic E-state index is 0.189. The minimum Gasteiger partial charge on any atom is -0.395 e. The Labute approximate surface area is 135 Å². The van der Waals surface area contributed by atoms with E-state index in [0.717, 1.165) is 39.3 Å². The number of aliphatic hydroxyl groups is 3. The molecule has 0 aromatic heterocycles. The summed E-state index contributed by atoms with van der Waals surface area (Å²) in [5, 5.41) is 26.9. The lowest BCUT2D eigenvalue weighted by molar-refractivity contribution is 0.152. The Morgan fingerprint density at radius 1 is 0.455 bits per heavy atom. The van der Waals surface area contributed by atoms with Crippen LogP contribution in [0.3, 0.4) is 0 Å². The van der Waals surface area contributed by atoms with Gasteiger partial charge >= 0.3 is 0 Å². The van der Waals surface area contributed by atoms with E-state index in [-0.39, 0.29) is 19.8 Å². The third-order valence-corrected chi connectivity index (χ3v) is 3.84. The fourth-order valence-electron chi connectivity index (χ4n) is 2.12. The van der Waals surface area contributed by atoms with Gasteiger partial charge in [0.1, 0.15) is 0 Å². The maximum absolute atomic E-state index is 8.96. The first kappa shape index (κ1) is 21.7. The molecule has 0 aromatic carbocycles. The fraction of sp³-hybridized carbons (Fsp3) is 1.00. The van der Waals surface area contributed by atoms with Crippen molar-refractivity contribution in [3.05, 3.63) is 0 Å². The van der Waals surface area contributed by atoms with Crippen LogP contribution in [0.15, 0.2) is 0 Å². The summed E-state index contributed by atoms with van der Waals surface area (Å²) in [6.45, 7) is 8.30. The van der Waals surface area contributed by atoms with Gasteiger partial charge in [-0.05, 0) is 21.1 Å². The van der Waals surface area contributed by atoms with Gasteiger partial charge < -0.3 is 30.0 Å². The minimum absolute atomic E-state index is 0.189. The second-order valence-corrected chi connectivity index (χ2v) is 5.92. The van der Waals surface area contributed by atoms with E-state index in [1.165, 1.54) is 0 Å². The first-order valence-corrected chi connectivity index (χ1v) is 8.14.